The second kappa shape index (κ2) is 4.87. The second-order valence-electron chi connectivity index (χ2n) is 8.65. The summed E-state index contributed by atoms with van der Waals surface area (Å²) >= 11 is 1.68. The molecule has 2 aliphatic heterocycles. The normalized spacial score (nSPS) is 23.0. The van der Waals surface area contributed by atoms with Crippen molar-refractivity contribution in [3.05, 3.63) is 22.3 Å². The molecule has 0 saturated heterocycles. The molecule has 2 heterocycles. The van der Waals surface area contributed by atoms with Gasteiger partial charge in [0.25, 0.3) is 0 Å². The molecular formula is C20H28N2OS. The van der Waals surface area contributed by atoms with Crippen LogP contribution in [0.25, 0.3) is 0 Å². The number of benzene rings is 1. The smallest absolute Gasteiger partial charge is 0.240 e. The topological polar surface area (TPSA) is 41.5 Å². The molecule has 0 bridgehead atoms. The SMILES string of the molecule is CC1=NC(C)(C)c2c3c(c(C)c(C)c2C1(C)C)NC(=O)C(C)(C)S3. The summed E-state index contributed by atoms with van der Waals surface area (Å²) in [7, 11) is 0. The van der Waals surface area contributed by atoms with Gasteiger partial charge in [-0.15, -0.1) is 11.8 Å². The summed E-state index contributed by atoms with van der Waals surface area (Å²) in [4.78, 5) is 18.7. The van der Waals surface area contributed by atoms with Gasteiger partial charge in [-0.3, -0.25) is 9.79 Å². The van der Waals surface area contributed by atoms with E-state index >= 15 is 0 Å². The number of hydrogen-bond donors (Lipinski definition) is 1. The van der Waals surface area contributed by atoms with E-state index in [1.807, 2.05) is 13.8 Å². The van der Waals surface area contributed by atoms with Gasteiger partial charge in [-0.2, -0.15) is 0 Å². The highest BCUT2D eigenvalue weighted by Gasteiger charge is 2.45. The number of carbonyl (C=O) groups excluding carboxylic acids is 1. The summed E-state index contributed by atoms with van der Waals surface area (Å²) in [6.07, 6.45) is 0. The van der Waals surface area contributed by atoms with Gasteiger partial charge in [0.05, 0.1) is 16.0 Å². The molecular weight excluding hydrogens is 316 g/mol. The first-order valence-corrected chi connectivity index (χ1v) is 9.38. The standard InChI is InChI=1S/C20H28N2OS/c1-10-11(2)15-16(24-20(8,9)17(23)21-15)14-13(10)18(4,5)12(3)22-19(14,6)7/h1-9H3,(H,21,23). The molecule has 1 N–H and O–H groups in total. The summed E-state index contributed by atoms with van der Waals surface area (Å²) < 4.78 is -0.473. The first-order chi connectivity index (χ1) is 10.8. The third kappa shape index (κ3) is 2.18. The Hall–Kier alpha value is -1.29. The van der Waals surface area contributed by atoms with E-state index in [4.69, 9.17) is 4.99 Å². The van der Waals surface area contributed by atoms with Crippen LogP contribution < -0.4 is 5.32 Å². The number of aliphatic imine (C=N–C) groups is 1. The predicted molar refractivity (Wildman–Crippen MR) is 104 cm³/mol. The third-order valence-corrected chi connectivity index (χ3v) is 7.06. The zero-order chi connectivity index (χ0) is 18.2. The maximum atomic E-state index is 12.5. The molecule has 1 aromatic rings. The average molecular weight is 345 g/mol. The van der Waals surface area contributed by atoms with Crippen LogP contribution in [0.5, 0.6) is 0 Å². The van der Waals surface area contributed by atoms with Crippen molar-refractivity contribution < 1.29 is 4.79 Å². The largest absolute Gasteiger partial charge is 0.324 e. The molecule has 0 atom stereocenters. The minimum atomic E-state index is -0.473. The van der Waals surface area contributed by atoms with Gasteiger partial charge in [-0.25, -0.2) is 0 Å². The molecule has 0 unspecified atom stereocenters. The van der Waals surface area contributed by atoms with Crippen molar-refractivity contribution in [1.29, 1.82) is 0 Å². The Balaban J connectivity index is 2.45. The summed E-state index contributed by atoms with van der Waals surface area (Å²) in [6.45, 7) is 19.3. The Kier molecular flexibility index (Phi) is 3.56. The summed E-state index contributed by atoms with van der Waals surface area (Å²) in [5.74, 6) is 0.0787. The highest BCUT2D eigenvalue weighted by Crippen LogP contribution is 2.54. The summed E-state index contributed by atoms with van der Waals surface area (Å²) in [6, 6.07) is 0. The van der Waals surface area contributed by atoms with Crippen LogP contribution in [-0.4, -0.2) is 16.4 Å². The molecule has 0 aliphatic carbocycles. The van der Waals surface area contributed by atoms with Crippen LogP contribution in [-0.2, 0) is 15.7 Å². The van der Waals surface area contributed by atoms with Crippen LogP contribution >= 0.6 is 11.8 Å². The fraction of sp³-hybridized carbons (Fsp3) is 0.600. The zero-order valence-corrected chi connectivity index (χ0v) is 17.1. The van der Waals surface area contributed by atoms with Gasteiger partial charge in [0.15, 0.2) is 0 Å². The maximum absolute atomic E-state index is 12.5. The highest BCUT2D eigenvalue weighted by molar-refractivity contribution is 8.01. The molecule has 24 heavy (non-hydrogen) atoms. The molecule has 130 valence electrons. The number of fused-ring (bicyclic) bond motifs is 3. The lowest BCUT2D eigenvalue weighted by Gasteiger charge is -2.44. The molecule has 2 aliphatic rings. The van der Waals surface area contributed by atoms with Crippen LogP contribution in [0.1, 0.15) is 70.7 Å². The van der Waals surface area contributed by atoms with E-state index in [2.05, 4.69) is 53.8 Å². The van der Waals surface area contributed by atoms with Crippen LogP contribution in [0.3, 0.4) is 0 Å². The highest BCUT2D eigenvalue weighted by atomic mass is 32.2. The molecule has 4 heteroatoms. The van der Waals surface area contributed by atoms with Crippen molar-refractivity contribution in [3.63, 3.8) is 0 Å². The number of nitrogens with one attached hydrogen (secondary N) is 1. The van der Waals surface area contributed by atoms with E-state index in [1.165, 1.54) is 32.9 Å². The lowest BCUT2D eigenvalue weighted by atomic mass is 9.68. The molecule has 0 saturated carbocycles. The molecule has 1 amide bonds. The van der Waals surface area contributed by atoms with Gasteiger partial charge in [0.2, 0.25) is 5.91 Å². The lowest BCUT2D eigenvalue weighted by Crippen LogP contribution is -2.42. The number of hydrogen-bond acceptors (Lipinski definition) is 3. The number of anilines is 1. The van der Waals surface area contributed by atoms with Crippen molar-refractivity contribution in [2.24, 2.45) is 4.99 Å². The first-order valence-electron chi connectivity index (χ1n) is 8.56. The monoisotopic (exact) mass is 344 g/mol. The minimum Gasteiger partial charge on any atom is -0.324 e. The fourth-order valence-electron chi connectivity index (χ4n) is 3.95. The quantitative estimate of drug-likeness (QED) is 0.710. The fourth-order valence-corrected chi connectivity index (χ4v) is 5.36. The van der Waals surface area contributed by atoms with Crippen LogP contribution in [0, 0.1) is 13.8 Å². The molecule has 0 aromatic heterocycles. The van der Waals surface area contributed by atoms with Gasteiger partial charge in [0.1, 0.15) is 0 Å². The number of amides is 1. The first kappa shape index (κ1) is 17.5. The van der Waals surface area contributed by atoms with Crippen LogP contribution in [0.15, 0.2) is 9.89 Å². The average Bonchev–Trinajstić information content (AvgIpc) is 2.42. The number of nitrogens with zero attached hydrogens (tertiary/aromatic N) is 1. The molecule has 0 spiro atoms. The van der Waals surface area contributed by atoms with Crippen LogP contribution in [0.4, 0.5) is 5.69 Å². The Morgan fingerprint density at radius 3 is 2.08 bits per heavy atom. The molecule has 0 radical (unpaired) electrons. The molecule has 3 rings (SSSR count). The van der Waals surface area contributed by atoms with Crippen molar-refractivity contribution in [2.75, 3.05) is 5.32 Å². The van der Waals surface area contributed by atoms with E-state index < -0.39 is 4.75 Å². The number of thioether (sulfide) groups is 1. The van der Waals surface area contributed by atoms with Crippen molar-refractivity contribution in [1.82, 2.24) is 0 Å². The van der Waals surface area contributed by atoms with E-state index in [0.717, 1.165) is 5.69 Å². The van der Waals surface area contributed by atoms with Gasteiger partial charge in [0, 0.05) is 16.0 Å². The minimum absolute atomic E-state index is 0.0787. The second-order valence-corrected chi connectivity index (χ2v) is 10.3. The van der Waals surface area contributed by atoms with Gasteiger partial charge in [-0.05, 0) is 70.7 Å². The maximum Gasteiger partial charge on any atom is 0.240 e. The van der Waals surface area contributed by atoms with Crippen molar-refractivity contribution in [3.8, 4) is 0 Å². The molecule has 1 aromatic carbocycles. The van der Waals surface area contributed by atoms with Gasteiger partial charge in [-0.1, -0.05) is 13.8 Å². The number of carbonyl (C=O) groups is 1. The molecule has 0 fully saturated rings. The Labute approximate surface area is 149 Å². The Morgan fingerprint density at radius 2 is 1.50 bits per heavy atom. The molecule has 3 nitrogen and oxygen atoms in total. The summed E-state index contributed by atoms with van der Waals surface area (Å²) in [5.41, 5.74) is 6.90. The van der Waals surface area contributed by atoms with Crippen LogP contribution in [0.2, 0.25) is 0 Å². The van der Waals surface area contributed by atoms with Gasteiger partial charge < -0.3 is 5.32 Å². The Morgan fingerprint density at radius 1 is 0.917 bits per heavy atom. The zero-order valence-electron chi connectivity index (χ0n) is 16.3. The lowest BCUT2D eigenvalue weighted by molar-refractivity contribution is -0.117. The summed E-state index contributed by atoms with van der Waals surface area (Å²) in [5, 5.41) is 3.18. The van der Waals surface area contributed by atoms with E-state index in [1.54, 1.807) is 11.8 Å². The van der Waals surface area contributed by atoms with Crippen molar-refractivity contribution in [2.45, 2.75) is 82.9 Å². The number of rotatable bonds is 0. The Bertz CT molecular complexity index is 801. The van der Waals surface area contributed by atoms with Crippen molar-refractivity contribution >= 4 is 29.1 Å². The predicted octanol–water partition coefficient (Wildman–Crippen LogP) is 5.11. The third-order valence-electron chi connectivity index (χ3n) is 5.75. The van der Waals surface area contributed by atoms with E-state index in [9.17, 15) is 4.79 Å². The van der Waals surface area contributed by atoms with E-state index in [0.29, 0.717) is 0 Å². The van der Waals surface area contributed by atoms with E-state index in [-0.39, 0.29) is 16.9 Å². The van der Waals surface area contributed by atoms with Gasteiger partial charge >= 0.3 is 0 Å².